The number of anilines is 1. The molecule has 0 unspecified atom stereocenters. The van der Waals surface area contributed by atoms with Crippen molar-refractivity contribution in [1.29, 1.82) is 0 Å². The highest BCUT2D eigenvalue weighted by Crippen LogP contribution is 2.43. The molecule has 0 aliphatic carbocycles. The zero-order valence-corrected chi connectivity index (χ0v) is 24.4. The smallest absolute Gasteiger partial charge is 0.255 e. The Balaban J connectivity index is 1.50. The van der Waals surface area contributed by atoms with E-state index in [0.717, 1.165) is 10.6 Å². The zero-order valence-electron chi connectivity index (χ0n) is 23.6. The number of imidazole rings is 1. The van der Waals surface area contributed by atoms with E-state index in [-0.39, 0.29) is 34.8 Å². The van der Waals surface area contributed by atoms with Crippen molar-refractivity contribution >= 4 is 43.6 Å². The highest BCUT2D eigenvalue weighted by atomic mass is 32.2. The van der Waals surface area contributed by atoms with E-state index < -0.39 is 27.6 Å². The number of hydrogen-bond donors (Lipinski definition) is 1. The molecule has 1 amide bonds. The molecule has 1 aliphatic rings. The summed E-state index contributed by atoms with van der Waals surface area (Å²) in [6, 6.07) is 16.6. The third-order valence-corrected chi connectivity index (χ3v) is 8.81. The largest absolute Gasteiger partial charge is 0.470 e. The molecule has 6 aromatic rings. The number of nitrogens with zero attached hydrogens (tertiary/aromatic N) is 4. The van der Waals surface area contributed by atoms with Gasteiger partial charge in [-0.2, -0.15) is 0 Å². The van der Waals surface area contributed by atoms with Crippen molar-refractivity contribution in [1.82, 2.24) is 19.9 Å². The van der Waals surface area contributed by atoms with Crippen molar-refractivity contribution in [3.05, 3.63) is 83.9 Å². The average molecular weight is 616 g/mol. The number of fused-ring (bicyclic) bond motifs is 6. The van der Waals surface area contributed by atoms with Crippen LogP contribution in [0.25, 0.3) is 56.1 Å². The molecule has 222 valence electrons. The Morgan fingerprint density at radius 3 is 2.55 bits per heavy atom. The molecular formula is C31H23F2N5O5S. The minimum atomic E-state index is -3.76. The first-order valence-corrected chi connectivity index (χ1v) is 15.2. The van der Waals surface area contributed by atoms with E-state index in [0.29, 0.717) is 45.0 Å². The SMILES string of the molecule is CNC(=O)c1c(-c2ccc(F)cc2)oc2cc(N(C)S(C)(=O)=O)c(-c3ccc4c(n3)-c3nc5cccc(F)c5n3CO4)cc12. The van der Waals surface area contributed by atoms with Crippen LogP contribution in [0.5, 0.6) is 5.75 Å². The van der Waals surface area contributed by atoms with E-state index in [1.165, 1.54) is 50.5 Å². The molecule has 13 heteroatoms. The van der Waals surface area contributed by atoms with Crippen LogP contribution in [0, 0.1) is 11.6 Å². The van der Waals surface area contributed by atoms with E-state index in [4.69, 9.17) is 14.1 Å². The summed E-state index contributed by atoms with van der Waals surface area (Å²) in [5.41, 5.74) is 2.85. The van der Waals surface area contributed by atoms with Crippen LogP contribution in [-0.4, -0.2) is 49.2 Å². The standard InChI is InChI=1S/C31H23F2N5O5S/c1-34-31(39)26-19-13-18(23(37(2)44(3,40)41)14-25(19)43-29(26)16-7-9-17(32)10-8-16)21-11-12-24-27(35-21)30-36-22-6-4-5-20(33)28(22)38(30)15-42-24/h4-14H,15H2,1-3H3,(H,34,39). The number of carbonyl (C=O) groups excluding carboxylic acids is 1. The molecule has 0 saturated carbocycles. The first-order valence-electron chi connectivity index (χ1n) is 13.4. The quantitative estimate of drug-likeness (QED) is 0.270. The van der Waals surface area contributed by atoms with Gasteiger partial charge in [0.15, 0.2) is 18.3 Å². The summed E-state index contributed by atoms with van der Waals surface area (Å²) in [6.45, 7) is 0.0332. The number of para-hydroxylation sites is 1. The van der Waals surface area contributed by atoms with Crippen molar-refractivity contribution < 1.29 is 31.1 Å². The van der Waals surface area contributed by atoms with E-state index >= 15 is 0 Å². The second-order valence-electron chi connectivity index (χ2n) is 10.3. The second-order valence-corrected chi connectivity index (χ2v) is 12.3. The summed E-state index contributed by atoms with van der Waals surface area (Å²) in [5.74, 6) is -0.368. The number of pyridine rings is 1. The summed E-state index contributed by atoms with van der Waals surface area (Å²) in [4.78, 5) is 22.6. The molecule has 0 radical (unpaired) electrons. The van der Waals surface area contributed by atoms with Gasteiger partial charge in [0.1, 0.15) is 34.2 Å². The van der Waals surface area contributed by atoms with Crippen LogP contribution in [0.2, 0.25) is 0 Å². The van der Waals surface area contributed by atoms with Gasteiger partial charge in [-0.05, 0) is 54.6 Å². The summed E-state index contributed by atoms with van der Waals surface area (Å²) >= 11 is 0. The third-order valence-electron chi connectivity index (χ3n) is 7.62. The highest BCUT2D eigenvalue weighted by Gasteiger charge is 2.29. The molecule has 0 atom stereocenters. The normalized spacial score (nSPS) is 12.6. The molecule has 1 aliphatic heterocycles. The van der Waals surface area contributed by atoms with Gasteiger partial charge in [0.2, 0.25) is 10.0 Å². The molecule has 7 rings (SSSR count). The van der Waals surface area contributed by atoms with E-state index in [2.05, 4.69) is 10.3 Å². The number of ether oxygens (including phenoxy) is 1. The number of rotatable bonds is 5. The maximum atomic E-state index is 14.7. The van der Waals surface area contributed by atoms with Gasteiger partial charge in [-0.1, -0.05) is 6.07 Å². The number of sulfonamides is 1. The Morgan fingerprint density at radius 1 is 1.05 bits per heavy atom. The van der Waals surface area contributed by atoms with Gasteiger partial charge in [-0.25, -0.2) is 27.2 Å². The maximum absolute atomic E-state index is 14.7. The fourth-order valence-corrected chi connectivity index (χ4v) is 5.90. The molecule has 0 fully saturated rings. The molecule has 3 aromatic heterocycles. The Morgan fingerprint density at radius 2 is 1.82 bits per heavy atom. The molecule has 10 nitrogen and oxygen atoms in total. The summed E-state index contributed by atoms with van der Waals surface area (Å²) in [5, 5.41) is 3.00. The summed E-state index contributed by atoms with van der Waals surface area (Å²) in [6.07, 6.45) is 1.06. The molecule has 4 heterocycles. The first-order chi connectivity index (χ1) is 21.0. The number of carbonyl (C=O) groups is 1. The Labute approximate surface area is 249 Å². The number of amides is 1. The number of halogens is 2. The van der Waals surface area contributed by atoms with Crippen LogP contribution >= 0.6 is 0 Å². The van der Waals surface area contributed by atoms with Crippen LogP contribution < -0.4 is 14.4 Å². The average Bonchev–Trinajstić information content (AvgIpc) is 3.58. The second kappa shape index (κ2) is 9.88. The number of nitrogens with one attached hydrogen (secondary N) is 1. The Bertz CT molecular complexity index is 2260. The topological polar surface area (TPSA) is 120 Å². The number of aromatic nitrogens is 3. The Hall–Kier alpha value is -5.30. The van der Waals surface area contributed by atoms with Crippen molar-refractivity contribution in [2.24, 2.45) is 0 Å². The maximum Gasteiger partial charge on any atom is 0.255 e. The minimum absolute atomic E-state index is 0.0332. The predicted molar refractivity (Wildman–Crippen MR) is 161 cm³/mol. The van der Waals surface area contributed by atoms with Gasteiger partial charge in [-0.3, -0.25) is 13.7 Å². The van der Waals surface area contributed by atoms with Gasteiger partial charge in [0.25, 0.3) is 5.91 Å². The van der Waals surface area contributed by atoms with Gasteiger partial charge in [0, 0.05) is 36.7 Å². The van der Waals surface area contributed by atoms with E-state index in [1.807, 2.05) is 0 Å². The lowest BCUT2D eigenvalue weighted by Gasteiger charge is -2.22. The van der Waals surface area contributed by atoms with Crippen LogP contribution in [0.4, 0.5) is 14.5 Å². The van der Waals surface area contributed by atoms with Crippen LogP contribution in [0.3, 0.4) is 0 Å². The number of furan rings is 1. The zero-order chi connectivity index (χ0) is 30.9. The molecule has 3 aromatic carbocycles. The molecule has 0 saturated heterocycles. The molecule has 0 spiro atoms. The van der Waals surface area contributed by atoms with Gasteiger partial charge in [0.05, 0.1) is 28.7 Å². The lowest BCUT2D eigenvalue weighted by atomic mass is 10.0. The fourth-order valence-electron chi connectivity index (χ4n) is 5.39. The monoisotopic (exact) mass is 615 g/mol. The molecule has 44 heavy (non-hydrogen) atoms. The van der Waals surface area contributed by atoms with E-state index in [1.54, 1.807) is 34.9 Å². The molecule has 0 bridgehead atoms. The molecular weight excluding hydrogens is 592 g/mol. The Kier molecular flexibility index (Phi) is 6.18. The predicted octanol–water partition coefficient (Wildman–Crippen LogP) is 5.56. The number of hydrogen-bond acceptors (Lipinski definition) is 7. The van der Waals surface area contributed by atoms with Gasteiger partial charge < -0.3 is 14.5 Å². The van der Waals surface area contributed by atoms with Crippen molar-refractivity contribution in [2.75, 3.05) is 24.7 Å². The van der Waals surface area contributed by atoms with Crippen molar-refractivity contribution in [3.8, 4) is 39.8 Å². The van der Waals surface area contributed by atoms with Gasteiger partial charge in [-0.15, -0.1) is 0 Å². The molecule has 1 N–H and O–H groups in total. The van der Waals surface area contributed by atoms with Crippen molar-refractivity contribution in [3.63, 3.8) is 0 Å². The van der Waals surface area contributed by atoms with Crippen LogP contribution in [0.1, 0.15) is 10.4 Å². The first kappa shape index (κ1) is 27.5. The van der Waals surface area contributed by atoms with Crippen LogP contribution in [0.15, 0.2) is 71.1 Å². The lowest BCUT2D eigenvalue weighted by Crippen LogP contribution is -2.25. The van der Waals surface area contributed by atoms with E-state index in [9.17, 15) is 22.0 Å². The highest BCUT2D eigenvalue weighted by molar-refractivity contribution is 7.92. The van der Waals surface area contributed by atoms with Gasteiger partial charge >= 0.3 is 0 Å². The lowest BCUT2D eigenvalue weighted by molar-refractivity contribution is 0.0964. The summed E-state index contributed by atoms with van der Waals surface area (Å²) in [7, 11) is -0.894. The fraction of sp³-hybridized carbons (Fsp3) is 0.129. The third kappa shape index (κ3) is 4.27. The number of benzene rings is 3. The minimum Gasteiger partial charge on any atom is -0.470 e. The summed E-state index contributed by atoms with van der Waals surface area (Å²) < 4.78 is 68.7. The van der Waals surface area contributed by atoms with Crippen LogP contribution in [-0.2, 0) is 16.8 Å². The van der Waals surface area contributed by atoms with Crippen molar-refractivity contribution in [2.45, 2.75) is 6.73 Å².